The molecule has 96 valence electrons. The number of nitrogens with zero attached hydrogens (tertiary/aromatic N) is 1. The summed E-state index contributed by atoms with van der Waals surface area (Å²) in [7, 11) is 0. The van der Waals surface area contributed by atoms with E-state index in [1.165, 1.54) is 0 Å². The molecule has 0 unspecified atom stereocenters. The zero-order valence-corrected chi connectivity index (χ0v) is 11.5. The largest absolute Gasteiger partial charge is 0.466 e. The lowest BCUT2D eigenvalue weighted by molar-refractivity contribution is -0.145. The third kappa shape index (κ3) is 8.72. The standard InChI is InChI=1S/C13H27NO2/c1-6-14(7-2)9-8-10-16-12(15)11-13(3,4)5/h6-11H2,1-5H3. The molecule has 0 rings (SSSR count). The zero-order chi connectivity index (χ0) is 12.6. The second kappa shape index (κ2) is 7.66. The molecule has 0 amide bonds. The van der Waals surface area contributed by atoms with Crippen molar-refractivity contribution >= 4 is 5.97 Å². The first kappa shape index (κ1) is 15.4. The van der Waals surface area contributed by atoms with Crippen LogP contribution in [-0.4, -0.2) is 37.1 Å². The third-order valence-corrected chi connectivity index (χ3v) is 2.45. The highest BCUT2D eigenvalue weighted by atomic mass is 16.5. The normalized spacial score (nSPS) is 11.9. The van der Waals surface area contributed by atoms with Gasteiger partial charge >= 0.3 is 5.97 Å². The van der Waals surface area contributed by atoms with Crippen molar-refractivity contribution in [3.8, 4) is 0 Å². The Hall–Kier alpha value is -0.570. The summed E-state index contributed by atoms with van der Waals surface area (Å²) in [5.41, 5.74) is 0.0238. The average molecular weight is 229 g/mol. The molecule has 0 aromatic carbocycles. The minimum absolute atomic E-state index is 0.0238. The van der Waals surface area contributed by atoms with Crippen molar-refractivity contribution < 1.29 is 9.53 Å². The van der Waals surface area contributed by atoms with Gasteiger partial charge in [-0.25, -0.2) is 0 Å². The first-order chi connectivity index (χ1) is 7.39. The van der Waals surface area contributed by atoms with Gasteiger partial charge in [-0.2, -0.15) is 0 Å². The first-order valence-electron chi connectivity index (χ1n) is 6.27. The number of hydrogen-bond donors (Lipinski definition) is 0. The van der Waals surface area contributed by atoms with Gasteiger partial charge in [-0.15, -0.1) is 0 Å². The minimum atomic E-state index is -0.0768. The molecule has 0 saturated heterocycles. The fourth-order valence-electron chi connectivity index (χ4n) is 1.50. The van der Waals surface area contributed by atoms with E-state index in [0.717, 1.165) is 26.1 Å². The van der Waals surface area contributed by atoms with Crippen LogP contribution in [0.15, 0.2) is 0 Å². The van der Waals surface area contributed by atoms with Gasteiger partial charge in [0.1, 0.15) is 0 Å². The van der Waals surface area contributed by atoms with Crippen LogP contribution in [0.25, 0.3) is 0 Å². The van der Waals surface area contributed by atoms with Crippen LogP contribution in [0.2, 0.25) is 0 Å². The molecule has 0 fully saturated rings. The molecule has 0 aromatic rings. The van der Waals surface area contributed by atoms with Gasteiger partial charge in [0.25, 0.3) is 0 Å². The van der Waals surface area contributed by atoms with Gasteiger partial charge in [0.05, 0.1) is 13.0 Å². The molecule has 0 N–H and O–H groups in total. The Morgan fingerprint density at radius 1 is 1.19 bits per heavy atom. The van der Waals surface area contributed by atoms with Crippen LogP contribution in [0.5, 0.6) is 0 Å². The van der Waals surface area contributed by atoms with E-state index in [-0.39, 0.29) is 11.4 Å². The zero-order valence-electron chi connectivity index (χ0n) is 11.5. The average Bonchev–Trinajstić information content (AvgIpc) is 2.15. The van der Waals surface area contributed by atoms with Crippen molar-refractivity contribution in [1.29, 1.82) is 0 Å². The van der Waals surface area contributed by atoms with Gasteiger partial charge in [0.15, 0.2) is 0 Å². The van der Waals surface area contributed by atoms with E-state index in [2.05, 4.69) is 18.7 Å². The molecular weight excluding hydrogens is 202 g/mol. The van der Waals surface area contributed by atoms with Crippen LogP contribution in [0, 0.1) is 5.41 Å². The van der Waals surface area contributed by atoms with E-state index >= 15 is 0 Å². The van der Waals surface area contributed by atoms with E-state index in [1.54, 1.807) is 0 Å². The Kier molecular flexibility index (Phi) is 7.39. The summed E-state index contributed by atoms with van der Waals surface area (Å²) >= 11 is 0. The summed E-state index contributed by atoms with van der Waals surface area (Å²) in [4.78, 5) is 13.7. The van der Waals surface area contributed by atoms with Gasteiger partial charge < -0.3 is 9.64 Å². The fourth-order valence-corrected chi connectivity index (χ4v) is 1.50. The number of rotatable bonds is 7. The van der Waals surface area contributed by atoms with Crippen molar-refractivity contribution in [1.82, 2.24) is 4.90 Å². The summed E-state index contributed by atoms with van der Waals surface area (Å²) < 4.78 is 5.19. The first-order valence-corrected chi connectivity index (χ1v) is 6.27. The molecule has 0 atom stereocenters. The maximum Gasteiger partial charge on any atom is 0.306 e. The Morgan fingerprint density at radius 3 is 2.19 bits per heavy atom. The van der Waals surface area contributed by atoms with Crippen molar-refractivity contribution in [3.63, 3.8) is 0 Å². The summed E-state index contributed by atoms with van der Waals surface area (Å²) in [5, 5.41) is 0. The van der Waals surface area contributed by atoms with Gasteiger partial charge in [-0.1, -0.05) is 34.6 Å². The monoisotopic (exact) mass is 229 g/mol. The molecule has 0 bridgehead atoms. The molecule has 0 aliphatic rings. The maximum absolute atomic E-state index is 11.4. The van der Waals surface area contributed by atoms with Crippen LogP contribution in [0.1, 0.15) is 47.5 Å². The molecule has 0 aromatic heterocycles. The summed E-state index contributed by atoms with van der Waals surface area (Å²) in [6.45, 7) is 14.1. The van der Waals surface area contributed by atoms with Gasteiger partial charge in [-0.05, 0) is 24.9 Å². The molecule has 3 heteroatoms. The summed E-state index contributed by atoms with van der Waals surface area (Å²) in [6.07, 6.45) is 1.43. The van der Waals surface area contributed by atoms with Crippen LogP contribution >= 0.6 is 0 Å². The topological polar surface area (TPSA) is 29.5 Å². The smallest absolute Gasteiger partial charge is 0.306 e. The predicted octanol–water partition coefficient (Wildman–Crippen LogP) is 2.70. The quantitative estimate of drug-likeness (QED) is 0.496. The van der Waals surface area contributed by atoms with Crippen LogP contribution in [0.4, 0.5) is 0 Å². The van der Waals surface area contributed by atoms with E-state index in [0.29, 0.717) is 13.0 Å². The number of carbonyl (C=O) groups excluding carboxylic acids is 1. The summed E-state index contributed by atoms with van der Waals surface area (Å²) in [5.74, 6) is -0.0768. The molecule has 0 saturated carbocycles. The lowest BCUT2D eigenvalue weighted by Gasteiger charge is -2.19. The molecule has 0 spiro atoms. The minimum Gasteiger partial charge on any atom is -0.466 e. The van der Waals surface area contributed by atoms with Gasteiger partial charge in [0.2, 0.25) is 0 Å². The molecule has 3 nitrogen and oxygen atoms in total. The van der Waals surface area contributed by atoms with E-state index in [4.69, 9.17) is 4.74 Å². The van der Waals surface area contributed by atoms with Crippen molar-refractivity contribution in [3.05, 3.63) is 0 Å². The number of carbonyl (C=O) groups is 1. The van der Waals surface area contributed by atoms with Crippen LogP contribution in [-0.2, 0) is 9.53 Å². The van der Waals surface area contributed by atoms with E-state index in [1.807, 2.05) is 20.8 Å². The fraction of sp³-hybridized carbons (Fsp3) is 0.923. The van der Waals surface area contributed by atoms with E-state index < -0.39 is 0 Å². The number of ether oxygens (including phenoxy) is 1. The lowest BCUT2D eigenvalue weighted by Crippen LogP contribution is -2.25. The highest BCUT2D eigenvalue weighted by Crippen LogP contribution is 2.18. The second-order valence-electron chi connectivity index (χ2n) is 5.34. The van der Waals surface area contributed by atoms with Crippen molar-refractivity contribution in [2.24, 2.45) is 5.41 Å². The Labute approximate surface area is 100 Å². The lowest BCUT2D eigenvalue weighted by atomic mass is 9.92. The molecular formula is C13H27NO2. The van der Waals surface area contributed by atoms with Crippen LogP contribution in [0.3, 0.4) is 0 Å². The molecule has 0 radical (unpaired) electrons. The second-order valence-corrected chi connectivity index (χ2v) is 5.34. The van der Waals surface area contributed by atoms with Gasteiger partial charge in [-0.3, -0.25) is 4.79 Å². The number of hydrogen-bond acceptors (Lipinski definition) is 3. The Bertz CT molecular complexity index is 193. The molecule has 0 aliphatic carbocycles. The molecule has 16 heavy (non-hydrogen) atoms. The van der Waals surface area contributed by atoms with Crippen molar-refractivity contribution in [2.45, 2.75) is 47.5 Å². The predicted molar refractivity (Wildman–Crippen MR) is 67.4 cm³/mol. The molecule has 0 aliphatic heterocycles. The van der Waals surface area contributed by atoms with Gasteiger partial charge in [0, 0.05) is 6.54 Å². The Morgan fingerprint density at radius 2 is 1.75 bits per heavy atom. The van der Waals surface area contributed by atoms with Crippen molar-refractivity contribution in [2.75, 3.05) is 26.2 Å². The summed E-state index contributed by atoms with van der Waals surface area (Å²) in [6, 6.07) is 0. The molecule has 0 heterocycles. The highest BCUT2D eigenvalue weighted by molar-refractivity contribution is 5.70. The number of esters is 1. The SMILES string of the molecule is CCN(CC)CCCOC(=O)CC(C)(C)C. The third-order valence-electron chi connectivity index (χ3n) is 2.45. The van der Waals surface area contributed by atoms with E-state index in [9.17, 15) is 4.79 Å². The highest BCUT2D eigenvalue weighted by Gasteiger charge is 2.16. The Balaban J connectivity index is 3.55. The maximum atomic E-state index is 11.4. The van der Waals surface area contributed by atoms with Crippen LogP contribution < -0.4 is 0 Å².